The second-order valence-electron chi connectivity index (χ2n) is 6.71. The van der Waals surface area contributed by atoms with Crippen LogP contribution in [0.25, 0.3) is 0 Å². The number of rotatable bonds is 5. The number of methoxy groups -OCH3 is 1. The molecule has 2 aromatic carbocycles. The zero-order chi connectivity index (χ0) is 18.6. The third-order valence-electron chi connectivity index (χ3n) is 4.86. The van der Waals surface area contributed by atoms with Crippen molar-refractivity contribution < 1.29 is 4.74 Å². The molecule has 1 N–H and O–H groups in total. The van der Waals surface area contributed by atoms with Gasteiger partial charge in [-0.3, -0.25) is 0 Å². The van der Waals surface area contributed by atoms with E-state index in [0.717, 1.165) is 48.2 Å². The molecular weight excluding hydrogens is 336 g/mol. The normalized spacial score (nSPS) is 13.2. The molecule has 0 spiro atoms. The van der Waals surface area contributed by atoms with Gasteiger partial charge in [-0.25, -0.2) is 9.97 Å². The van der Waals surface area contributed by atoms with Crippen LogP contribution in [0.5, 0.6) is 5.75 Å². The van der Waals surface area contributed by atoms with Crippen LogP contribution in [0.2, 0.25) is 0 Å². The third-order valence-corrected chi connectivity index (χ3v) is 4.86. The van der Waals surface area contributed by atoms with Crippen molar-refractivity contribution in [1.82, 2.24) is 9.97 Å². The van der Waals surface area contributed by atoms with Gasteiger partial charge < -0.3 is 15.0 Å². The molecule has 0 fully saturated rings. The van der Waals surface area contributed by atoms with E-state index in [9.17, 15) is 0 Å². The van der Waals surface area contributed by atoms with Crippen molar-refractivity contribution in [3.8, 4) is 5.75 Å². The average molecular weight is 360 g/mol. The van der Waals surface area contributed by atoms with Gasteiger partial charge in [0.1, 0.15) is 23.2 Å². The molecular formula is C22H24N4O. The van der Waals surface area contributed by atoms with Crippen LogP contribution >= 0.6 is 0 Å². The number of nitrogens with zero attached hydrogens (tertiary/aromatic N) is 3. The van der Waals surface area contributed by atoms with E-state index in [0.29, 0.717) is 6.54 Å². The highest BCUT2D eigenvalue weighted by Crippen LogP contribution is 2.33. The molecule has 2 heterocycles. The van der Waals surface area contributed by atoms with Gasteiger partial charge in [0.05, 0.1) is 7.11 Å². The number of aryl methyl sites for hydroxylation is 2. The van der Waals surface area contributed by atoms with Crippen LogP contribution in [0.3, 0.4) is 0 Å². The van der Waals surface area contributed by atoms with Crippen LogP contribution in [-0.4, -0.2) is 23.6 Å². The van der Waals surface area contributed by atoms with Gasteiger partial charge in [0.15, 0.2) is 0 Å². The van der Waals surface area contributed by atoms with Gasteiger partial charge in [-0.15, -0.1) is 0 Å². The fraction of sp³-hybridized carbons (Fsp3) is 0.273. The molecule has 3 aromatic rings. The van der Waals surface area contributed by atoms with E-state index in [2.05, 4.69) is 45.5 Å². The third kappa shape index (κ3) is 3.72. The van der Waals surface area contributed by atoms with Gasteiger partial charge in [-0.05, 0) is 37.5 Å². The molecule has 0 saturated carbocycles. The summed E-state index contributed by atoms with van der Waals surface area (Å²) in [5, 5.41) is 3.42. The van der Waals surface area contributed by atoms with Crippen LogP contribution < -0.4 is 15.0 Å². The number of hydrogen-bond donors (Lipinski definition) is 1. The van der Waals surface area contributed by atoms with Crippen molar-refractivity contribution in [1.29, 1.82) is 0 Å². The Hall–Kier alpha value is -3.08. The summed E-state index contributed by atoms with van der Waals surface area (Å²) in [4.78, 5) is 11.6. The summed E-state index contributed by atoms with van der Waals surface area (Å²) < 4.78 is 5.43. The number of nitrogens with one attached hydrogen (secondary N) is 1. The SMILES string of the molecule is COc1ccccc1CNc1cc(N2CCCc3ccccc32)nc(C)n1. The number of ether oxygens (including phenoxy) is 1. The summed E-state index contributed by atoms with van der Waals surface area (Å²) in [5.41, 5.74) is 3.72. The van der Waals surface area contributed by atoms with Crippen LogP contribution in [0.1, 0.15) is 23.4 Å². The number of benzene rings is 2. The maximum Gasteiger partial charge on any atom is 0.138 e. The second kappa shape index (κ2) is 7.66. The Kier molecular flexibility index (Phi) is 4.92. The molecule has 27 heavy (non-hydrogen) atoms. The molecule has 1 aliphatic heterocycles. The minimum absolute atomic E-state index is 0.649. The van der Waals surface area contributed by atoms with Crippen molar-refractivity contribution >= 4 is 17.3 Å². The van der Waals surface area contributed by atoms with Crippen molar-refractivity contribution in [3.63, 3.8) is 0 Å². The highest BCUT2D eigenvalue weighted by atomic mass is 16.5. The maximum atomic E-state index is 5.43. The van der Waals surface area contributed by atoms with E-state index >= 15 is 0 Å². The lowest BCUT2D eigenvalue weighted by atomic mass is 10.0. The van der Waals surface area contributed by atoms with E-state index in [-0.39, 0.29) is 0 Å². The quantitative estimate of drug-likeness (QED) is 0.726. The molecule has 1 aromatic heterocycles. The van der Waals surface area contributed by atoms with Crippen molar-refractivity contribution in [2.75, 3.05) is 23.9 Å². The van der Waals surface area contributed by atoms with Gasteiger partial charge in [0.2, 0.25) is 0 Å². The number of anilines is 3. The van der Waals surface area contributed by atoms with E-state index in [1.54, 1.807) is 7.11 Å². The molecule has 0 radical (unpaired) electrons. The lowest BCUT2D eigenvalue weighted by Crippen LogP contribution is -2.25. The van der Waals surface area contributed by atoms with Crippen LogP contribution in [0.4, 0.5) is 17.3 Å². The first-order valence-electron chi connectivity index (χ1n) is 9.31. The summed E-state index contributed by atoms with van der Waals surface area (Å²) in [5.74, 6) is 3.41. The van der Waals surface area contributed by atoms with Crippen LogP contribution in [0, 0.1) is 6.92 Å². The number of fused-ring (bicyclic) bond motifs is 1. The first-order chi connectivity index (χ1) is 13.2. The number of aromatic nitrogens is 2. The average Bonchev–Trinajstić information content (AvgIpc) is 2.71. The lowest BCUT2D eigenvalue weighted by Gasteiger charge is -2.30. The summed E-state index contributed by atoms with van der Waals surface area (Å²) in [7, 11) is 1.69. The molecule has 0 saturated heterocycles. The van der Waals surface area contributed by atoms with Crippen molar-refractivity contribution in [2.24, 2.45) is 0 Å². The van der Waals surface area contributed by atoms with Gasteiger partial charge in [0.25, 0.3) is 0 Å². The Balaban J connectivity index is 1.59. The fourth-order valence-corrected chi connectivity index (χ4v) is 3.59. The zero-order valence-corrected chi connectivity index (χ0v) is 15.8. The smallest absolute Gasteiger partial charge is 0.138 e. The first-order valence-corrected chi connectivity index (χ1v) is 9.31. The van der Waals surface area contributed by atoms with Gasteiger partial charge in [-0.2, -0.15) is 0 Å². The molecule has 0 bridgehead atoms. The minimum Gasteiger partial charge on any atom is -0.496 e. The molecule has 5 nitrogen and oxygen atoms in total. The van der Waals surface area contributed by atoms with Crippen molar-refractivity contribution in [3.05, 3.63) is 71.5 Å². The second-order valence-corrected chi connectivity index (χ2v) is 6.71. The molecule has 0 atom stereocenters. The lowest BCUT2D eigenvalue weighted by molar-refractivity contribution is 0.410. The Labute approximate surface area is 160 Å². The Bertz CT molecular complexity index is 941. The fourth-order valence-electron chi connectivity index (χ4n) is 3.59. The maximum absolute atomic E-state index is 5.43. The van der Waals surface area contributed by atoms with E-state index < -0.39 is 0 Å². The first kappa shape index (κ1) is 17.3. The minimum atomic E-state index is 0.649. The monoisotopic (exact) mass is 360 g/mol. The predicted octanol–water partition coefficient (Wildman–Crippen LogP) is 4.49. The number of hydrogen-bond acceptors (Lipinski definition) is 5. The molecule has 4 rings (SSSR count). The van der Waals surface area contributed by atoms with Gasteiger partial charge in [0, 0.05) is 30.4 Å². The molecule has 0 unspecified atom stereocenters. The Morgan fingerprint density at radius 2 is 1.89 bits per heavy atom. The van der Waals surface area contributed by atoms with Crippen molar-refractivity contribution in [2.45, 2.75) is 26.3 Å². The summed E-state index contributed by atoms with van der Waals surface area (Å²) in [6.45, 7) is 3.56. The largest absolute Gasteiger partial charge is 0.496 e. The Morgan fingerprint density at radius 1 is 1.07 bits per heavy atom. The van der Waals surface area contributed by atoms with E-state index in [1.807, 2.05) is 31.2 Å². The highest BCUT2D eigenvalue weighted by Gasteiger charge is 2.19. The standard InChI is InChI=1S/C22H24N4O/c1-16-24-21(23-15-18-9-4-6-12-20(18)27-2)14-22(25-16)26-13-7-10-17-8-3-5-11-19(17)26/h3-6,8-9,11-12,14H,7,10,13,15H2,1-2H3,(H,23,24,25). The van der Waals surface area contributed by atoms with E-state index in [1.165, 1.54) is 11.3 Å². The zero-order valence-electron chi connectivity index (χ0n) is 15.8. The molecule has 0 aliphatic carbocycles. The van der Waals surface area contributed by atoms with Gasteiger partial charge >= 0.3 is 0 Å². The molecule has 1 aliphatic rings. The predicted molar refractivity (Wildman–Crippen MR) is 109 cm³/mol. The van der Waals surface area contributed by atoms with Crippen LogP contribution in [0.15, 0.2) is 54.6 Å². The Morgan fingerprint density at radius 3 is 2.78 bits per heavy atom. The number of para-hydroxylation sites is 2. The van der Waals surface area contributed by atoms with E-state index in [4.69, 9.17) is 9.72 Å². The molecule has 138 valence electrons. The van der Waals surface area contributed by atoms with Gasteiger partial charge in [-0.1, -0.05) is 36.4 Å². The molecule has 0 amide bonds. The van der Waals surface area contributed by atoms with Crippen LogP contribution in [-0.2, 0) is 13.0 Å². The molecule has 5 heteroatoms. The summed E-state index contributed by atoms with van der Waals surface area (Å²) >= 11 is 0. The topological polar surface area (TPSA) is 50.3 Å². The summed E-state index contributed by atoms with van der Waals surface area (Å²) in [6, 6.07) is 18.6. The summed E-state index contributed by atoms with van der Waals surface area (Å²) in [6.07, 6.45) is 2.25. The highest BCUT2D eigenvalue weighted by molar-refractivity contribution is 5.67.